The number of amides is 1. The van der Waals surface area contributed by atoms with Gasteiger partial charge in [-0.1, -0.05) is 37.5 Å². The predicted octanol–water partition coefficient (Wildman–Crippen LogP) is 2.67. The van der Waals surface area contributed by atoms with Crippen molar-refractivity contribution in [3.8, 4) is 0 Å². The van der Waals surface area contributed by atoms with E-state index in [1.807, 2.05) is 31.2 Å². The minimum atomic E-state index is -0.409. The number of hydrogen-bond acceptors (Lipinski definition) is 2. The average molecular weight is 261 g/mol. The largest absolute Gasteiger partial charge is 0.391 e. The van der Waals surface area contributed by atoms with E-state index >= 15 is 0 Å². The molecule has 0 aromatic heterocycles. The fraction of sp³-hybridized carbons (Fsp3) is 0.562. The highest BCUT2D eigenvalue weighted by atomic mass is 16.3. The molecule has 3 nitrogen and oxygen atoms in total. The lowest BCUT2D eigenvalue weighted by atomic mass is 9.85. The van der Waals surface area contributed by atoms with Crippen LogP contribution in [-0.4, -0.2) is 23.7 Å². The molecule has 0 radical (unpaired) electrons. The third-order valence-electron chi connectivity index (χ3n) is 4.06. The summed E-state index contributed by atoms with van der Waals surface area (Å²) in [6.45, 7) is 2.28. The van der Waals surface area contributed by atoms with Gasteiger partial charge in [0.2, 0.25) is 0 Å². The molecule has 0 bridgehead atoms. The summed E-state index contributed by atoms with van der Waals surface area (Å²) in [5, 5.41) is 13.0. The van der Waals surface area contributed by atoms with Gasteiger partial charge in [-0.05, 0) is 37.3 Å². The van der Waals surface area contributed by atoms with Gasteiger partial charge in [-0.2, -0.15) is 0 Å². The van der Waals surface area contributed by atoms with Gasteiger partial charge < -0.3 is 10.4 Å². The normalized spacial score (nSPS) is 18.0. The number of aliphatic hydroxyl groups is 1. The Bertz CT molecular complexity index is 425. The van der Waals surface area contributed by atoms with Crippen LogP contribution in [0.4, 0.5) is 0 Å². The fourth-order valence-electron chi connectivity index (χ4n) is 2.81. The van der Waals surface area contributed by atoms with Crippen LogP contribution in [0.2, 0.25) is 0 Å². The third-order valence-corrected chi connectivity index (χ3v) is 4.06. The highest BCUT2D eigenvalue weighted by Crippen LogP contribution is 2.26. The van der Waals surface area contributed by atoms with Crippen molar-refractivity contribution < 1.29 is 9.90 Å². The second-order valence-electron chi connectivity index (χ2n) is 5.49. The van der Waals surface area contributed by atoms with Crippen molar-refractivity contribution in [3.05, 3.63) is 35.4 Å². The smallest absolute Gasteiger partial charge is 0.251 e. The summed E-state index contributed by atoms with van der Waals surface area (Å²) in [6.07, 6.45) is 5.44. The predicted molar refractivity (Wildman–Crippen MR) is 76.1 cm³/mol. The molecule has 1 aliphatic carbocycles. The third kappa shape index (κ3) is 3.80. The maximum absolute atomic E-state index is 12.0. The van der Waals surface area contributed by atoms with E-state index in [0.717, 1.165) is 18.4 Å². The first kappa shape index (κ1) is 14.1. The first-order valence-electron chi connectivity index (χ1n) is 7.20. The van der Waals surface area contributed by atoms with Crippen molar-refractivity contribution in [2.24, 2.45) is 5.92 Å². The van der Waals surface area contributed by atoms with Gasteiger partial charge in [-0.15, -0.1) is 0 Å². The Balaban J connectivity index is 1.84. The lowest BCUT2D eigenvalue weighted by molar-refractivity contribution is 0.0738. The Morgan fingerprint density at radius 1 is 1.32 bits per heavy atom. The SMILES string of the molecule is Cc1ccccc1C(=O)NCC(O)C1CCCCC1. The molecule has 104 valence electrons. The number of aryl methyl sites for hydroxylation is 1. The molecule has 0 saturated heterocycles. The first-order chi connectivity index (χ1) is 9.18. The minimum Gasteiger partial charge on any atom is -0.391 e. The van der Waals surface area contributed by atoms with Crippen molar-refractivity contribution in [1.29, 1.82) is 0 Å². The van der Waals surface area contributed by atoms with Crippen LogP contribution in [0.15, 0.2) is 24.3 Å². The van der Waals surface area contributed by atoms with E-state index in [4.69, 9.17) is 0 Å². The number of aliphatic hydroxyl groups excluding tert-OH is 1. The molecule has 1 unspecified atom stereocenters. The Kier molecular flexibility index (Phi) is 4.97. The molecule has 2 N–H and O–H groups in total. The van der Waals surface area contributed by atoms with Crippen LogP contribution in [0.1, 0.15) is 48.0 Å². The average Bonchev–Trinajstić information content (AvgIpc) is 2.46. The Morgan fingerprint density at radius 3 is 2.68 bits per heavy atom. The Morgan fingerprint density at radius 2 is 2.00 bits per heavy atom. The molecule has 1 amide bonds. The lowest BCUT2D eigenvalue weighted by Crippen LogP contribution is -2.37. The molecule has 0 heterocycles. The molecule has 2 rings (SSSR count). The number of carbonyl (C=O) groups is 1. The summed E-state index contributed by atoms with van der Waals surface area (Å²) in [5.74, 6) is 0.263. The van der Waals surface area contributed by atoms with Crippen LogP contribution in [0, 0.1) is 12.8 Å². The zero-order valence-corrected chi connectivity index (χ0v) is 11.6. The zero-order valence-electron chi connectivity index (χ0n) is 11.6. The summed E-state index contributed by atoms with van der Waals surface area (Å²) in [5.41, 5.74) is 1.66. The second kappa shape index (κ2) is 6.71. The first-order valence-corrected chi connectivity index (χ1v) is 7.20. The highest BCUT2D eigenvalue weighted by molar-refractivity contribution is 5.95. The number of rotatable bonds is 4. The zero-order chi connectivity index (χ0) is 13.7. The van der Waals surface area contributed by atoms with E-state index in [-0.39, 0.29) is 5.91 Å². The molecular weight excluding hydrogens is 238 g/mol. The summed E-state index contributed by atoms with van der Waals surface area (Å²) >= 11 is 0. The Labute approximate surface area is 115 Å². The van der Waals surface area contributed by atoms with Crippen LogP contribution in [-0.2, 0) is 0 Å². The van der Waals surface area contributed by atoms with Crippen LogP contribution in [0.25, 0.3) is 0 Å². The van der Waals surface area contributed by atoms with Gasteiger partial charge in [0.25, 0.3) is 5.91 Å². The number of hydrogen-bond donors (Lipinski definition) is 2. The van der Waals surface area contributed by atoms with Crippen molar-refractivity contribution in [2.75, 3.05) is 6.54 Å². The fourth-order valence-corrected chi connectivity index (χ4v) is 2.81. The van der Waals surface area contributed by atoms with Gasteiger partial charge >= 0.3 is 0 Å². The molecular formula is C16H23NO2. The molecule has 3 heteroatoms. The molecule has 1 atom stereocenters. The molecule has 0 spiro atoms. The minimum absolute atomic E-state index is 0.0899. The second-order valence-corrected chi connectivity index (χ2v) is 5.49. The molecule has 1 aromatic rings. The van der Waals surface area contributed by atoms with E-state index in [0.29, 0.717) is 18.0 Å². The summed E-state index contributed by atoms with van der Waals surface area (Å²) in [4.78, 5) is 12.0. The summed E-state index contributed by atoms with van der Waals surface area (Å²) in [7, 11) is 0. The molecule has 1 aliphatic rings. The van der Waals surface area contributed by atoms with Crippen LogP contribution < -0.4 is 5.32 Å². The van der Waals surface area contributed by atoms with E-state index in [9.17, 15) is 9.90 Å². The topological polar surface area (TPSA) is 49.3 Å². The molecule has 1 fully saturated rings. The van der Waals surface area contributed by atoms with Gasteiger partial charge in [-0.25, -0.2) is 0 Å². The van der Waals surface area contributed by atoms with E-state index < -0.39 is 6.10 Å². The van der Waals surface area contributed by atoms with Crippen molar-refractivity contribution in [1.82, 2.24) is 5.32 Å². The quantitative estimate of drug-likeness (QED) is 0.875. The maximum atomic E-state index is 12.0. The Hall–Kier alpha value is -1.35. The number of carbonyl (C=O) groups excluding carboxylic acids is 1. The standard InChI is InChI=1S/C16H23NO2/c1-12-7-5-6-10-14(12)16(19)17-11-15(18)13-8-3-2-4-9-13/h5-7,10,13,15,18H,2-4,8-9,11H2,1H3,(H,17,19). The van der Waals surface area contributed by atoms with Gasteiger partial charge in [0.1, 0.15) is 0 Å². The monoisotopic (exact) mass is 261 g/mol. The van der Waals surface area contributed by atoms with Gasteiger partial charge in [0, 0.05) is 12.1 Å². The molecule has 19 heavy (non-hydrogen) atoms. The van der Waals surface area contributed by atoms with Gasteiger partial charge in [0.15, 0.2) is 0 Å². The number of benzene rings is 1. The molecule has 1 saturated carbocycles. The lowest BCUT2D eigenvalue weighted by Gasteiger charge is -2.26. The molecule has 0 aliphatic heterocycles. The number of nitrogens with one attached hydrogen (secondary N) is 1. The van der Waals surface area contributed by atoms with E-state index in [2.05, 4.69) is 5.32 Å². The van der Waals surface area contributed by atoms with Gasteiger partial charge in [0.05, 0.1) is 6.10 Å². The van der Waals surface area contributed by atoms with Crippen molar-refractivity contribution in [3.63, 3.8) is 0 Å². The molecule has 1 aromatic carbocycles. The summed E-state index contributed by atoms with van der Waals surface area (Å²) < 4.78 is 0. The van der Waals surface area contributed by atoms with Gasteiger partial charge in [-0.3, -0.25) is 4.79 Å². The van der Waals surface area contributed by atoms with Crippen LogP contribution >= 0.6 is 0 Å². The van der Waals surface area contributed by atoms with Crippen LogP contribution in [0.5, 0.6) is 0 Å². The highest BCUT2D eigenvalue weighted by Gasteiger charge is 2.22. The van der Waals surface area contributed by atoms with E-state index in [1.165, 1.54) is 19.3 Å². The van der Waals surface area contributed by atoms with Crippen molar-refractivity contribution >= 4 is 5.91 Å². The van der Waals surface area contributed by atoms with Crippen molar-refractivity contribution in [2.45, 2.75) is 45.1 Å². The van der Waals surface area contributed by atoms with Crippen LogP contribution in [0.3, 0.4) is 0 Å². The maximum Gasteiger partial charge on any atom is 0.251 e. The summed E-state index contributed by atoms with van der Waals surface area (Å²) in [6, 6.07) is 7.52. The van der Waals surface area contributed by atoms with E-state index in [1.54, 1.807) is 0 Å².